The van der Waals surface area contributed by atoms with Crippen molar-refractivity contribution >= 4 is 35.0 Å². The summed E-state index contributed by atoms with van der Waals surface area (Å²) in [6.45, 7) is 7.29. The first-order valence-corrected chi connectivity index (χ1v) is 8.47. The third kappa shape index (κ3) is 3.05. The first-order valence-electron chi connectivity index (χ1n) is 7.21. The fourth-order valence-corrected chi connectivity index (χ4v) is 4.25. The number of rotatable bonds is 4. The smallest absolute Gasteiger partial charge is 0.235 e. The van der Waals surface area contributed by atoms with Gasteiger partial charge < -0.3 is 5.73 Å². The number of hydrogen-bond donors (Lipinski definition) is 1. The van der Waals surface area contributed by atoms with Crippen molar-refractivity contribution in [3.05, 3.63) is 63.6 Å². The van der Waals surface area contributed by atoms with Crippen molar-refractivity contribution in [1.82, 2.24) is 4.98 Å². The molecule has 1 aliphatic carbocycles. The van der Waals surface area contributed by atoms with Gasteiger partial charge in [0.1, 0.15) is 10.4 Å². The maximum absolute atomic E-state index is 11.9. The minimum absolute atomic E-state index is 0.208. The van der Waals surface area contributed by atoms with Crippen molar-refractivity contribution in [2.24, 2.45) is 5.73 Å². The number of hydrogen-bond acceptors (Lipinski definition) is 3. The van der Waals surface area contributed by atoms with Crippen LogP contribution in [0.5, 0.6) is 0 Å². The van der Waals surface area contributed by atoms with Gasteiger partial charge in [-0.05, 0) is 36.0 Å². The van der Waals surface area contributed by atoms with Crippen LogP contribution in [0.2, 0.25) is 5.15 Å². The molecule has 0 spiro atoms. The van der Waals surface area contributed by atoms with E-state index in [2.05, 4.69) is 9.83 Å². The zero-order chi connectivity index (χ0) is 16.4. The van der Waals surface area contributed by atoms with Crippen molar-refractivity contribution in [2.75, 3.05) is 0 Å². The molecule has 0 bridgehead atoms. The number of thioether (sulfide) groups is 1. The minimum atomic E-state index is -0.525. The van der Waals surface area contributed by atoms with Gasteiger partial charge in [0, 0.05) is 0 Å². The summed E-state index contributed by atoms with van der Waals surface area (Å²) < 4.78 is 0. The maximum atomic E-state index is 11.9. The quantitative estimate of drug-likeness (QED) is 0.516. The van der Waals surface area contributed by atoms with E-state index < -0.39 is 11.2 Å². The summed E-state index contributed by atoms with van der Waals surface area (Å²) in [5.41, 5.74) is 8.87. The second kappa shape index (κ2) is 6.61. The Bertz CT molecular complexity index is 802. The molecule has 0 fully saturated rings. The fraction of sp³-hybridized carbons (Fsp3) is 0.235. The first-order chi connectivity index (χ1) is 11.1. The second-order valence-corrected chi connectivity index (χ2v) is 6.74. The van der Waals surface area contributed by atoms with Gasteiger partial charge in [0.05, 0.1) is 11.6 Å². The summed E-state index contributed by atoms with van der Waals surface area (Å²) >= 11 is 7.48. The van der Waals surface area contributed by atoms with Crippen LogP contribution in [0.3, 0.4) is 0 Å². The largest absolute Gasteiger partial charge is 0.368 e. The number of aromatic nitrogens is 1. The number of benzene rings is 1. The Morgan fingerprint density at radius 3 is 2.65 bits per heavy atom. The molecule has 2 N–H and O–H groups in total. The van der Waals surface area contributed by atoms with Gasteiger partial charge in [0.2, 0.25) is 11.6 Å². The number of fused-ring (bicyclic) bond motifs is 1. The highest BCUT2D eigenvalue weighted by Gasteiger charge is 2.27. The zero-order valence-electron chi connectivity index (χ0n) is 12.3. The fourth-order valence-electron chi connectivity index (χ4n) is 2.82. The lowest BCUT2D eigenvalue weighted by atomic mass is 10.1. The van der Waals surface area contributed by atoms with Crippen molar-refractivity contribution in [2.45, 2.75) is 29.5 Å². The van der Waals surface area contributed by atoms with Crippen LogP contribution < -0.4 is 5.73 Å². The summed E-state index contributed by atoms with van der Waals surface area (Å²) in [7, 11) is 0. The molecule has 1 aliphatic rings. The topological polar surface area (TPSA) is 60.3 Å². The molecule has 6 heteroatoms. The van der Waals surface area contributed by atoms with Crippen molar-refractivity contribution in [1.29, 1.82) is 0 Å². The van der Waals surface area contributed by atoms with Crippen LogP contribution in [0.15, 0.2) is 35.4 Å². The molecule has 0 saturated carbocycles. The molecule has 1 aromatic heterocycles. The van der Waals surface area contributed by atoms with Gasteiger partial charge in [0.25, 0.3) is 0 Å². The van der Waals surface area contributed by atoms with E-state index in [1.54, 1.807) is 0 Å². The van der Waals surface area contributed by atoms with Gasteiger partial charge in [0.15, 0.2) is 0 Å². The van der Waals surface area contributed by atoms with Gasteiger partial charge in [-0.1, -0.05) is 53.7 Å². The van der Waals surface area contributed by atoms with Crippen molar-refractivity contribution < 1.29 is 4.79 Å². The lowest BCUT2D eigenvalue weighted by molar-refractivity contribution is -0.117. The van der Waals surface area contributed by atoms with Gasteiger partial charge in [-0.2, -0.15) is 0 Å². The zero-order valence-corrected chi connectivity index (χ0v) is 13.8. The summed E-state index contributed by atoms with van der Waals surface area (Å²) in [6.07, 6.45) is 2.65. The molecule has 0 aliphatic heterocycles. The van der Waals surface area contributed by atoms with Crippen molar-refractivity contribution in [3.63, 3.8) is 0 Å². The number of halogens is 1. The molecule has 116 valence electrons. The Morgan fingerprint density at radius 2 is 2.00 bits per heavy atom. The van der Waals surface area contributed by atoms with E-state index in [-0.39, 0.29) is 5.15 Å². The summed E-state index contributed by atoms with van der Waals surface area (Å²) in [6, 6.07) is 9.39. The minimum Gasteiger partial charge on any atom is -0.368 e. The van der Waals surface area contributed by atoms with E-state index in [1.165, 1.54) is 11.8 Å². The van der Waals surface area contributed by atoms with Crippen LogP contribution >= 0.6 is 23.4 Å². The van der Waals surface area contributed by atoms with Crippen molar-refractivity contribution in [3.8, 4) is 0 Å². The van der Waals surface area contributed by atoms with E-state index in [0.29, 0.717) is 10.7 Å². The number of amides is 1. The summed E-state index contributed by atoms with van der Waals surface area (Å²) in [5.74, 6) is -0.417. The van der Waals surface area contributed by atoms with Crippen LogP contribution in [0.1, 0.15) is 28.4 Å². The van der Waals surface area contributed by atoms with Crippen LogP contribution in [0.4, 0.5) is 5.69 Å². The SMILES string of the molecule is [C-]#[N+]c1c(Cl)nc(SC(C(N)=O)c2ccccc2)c2c1CCC2. The highest BCUT2D eigenvalue weighted by Crippen LogP contribution is 2.44. The van der Waals surface area contributed by atoms with Crippen LogP contribution in [-0.4, -0.2) is 10.9 Å². The van der Waals surface area contributed by atoms with Gasteiger partial charge in [-0.3, -0.25) is 4.79 Å². The van der Waals surface area contributed by atoms with Crippen LogP contribution in [0.25, 0.3) is 4.85 Å². The molecule has 0 saturated heterocycles. The molecule has 0 radical (unpaired) electrons. The Labute approximate surface area is 143 Å². The summed E-state index contributed by atoms with van der Waals surface area (Å²) in [5, 5.41) is 0.394. The van der Waals surface area contributed by atoms with E-state index >= 15 is 0 Å². The Kier molecular flexibility index (Phi) is 4.56. The Hall–Kier alpha value is -2.03. The molecule has 3 rings (SSSR count). The van der Waals surface area contributed by atoms with E-state index in [0.717, 1.165) is 36.0 Å². The lowest BCUT2D eigenvalue weighted by Crippen LogP contribution is -2.19. The van der Waals surface area contributed by atoms with Crippen LogP contribution in [0, 0.1) is 6.57 Å². The third-order valence-electron chi connectivity index (χ3n) is 3.86. The second-order valence-electron chi connectivity index (χ2n) is 5.29. The Morgan fingerprint density at radius 1 is 1.30 bits per heavy atom. The molecule has 1 heterocycles. The molecule has 1 aromatic carbocycles. The predicted molar refractivity (Wildman–Crippen MR) is 91.8 cm³/mol. The normalized spacial score (nSPS) is 14.1. The monoisotopic (exact) mass is 343 g/mol. The first kappa shape index (κ1) is 15.9. The van der Waals surface area contributed by atoms with E-state index in [9.17, 15) is 4.79 Å². The molecular formula is C17H14ClN3OS. The Balaban J connectivity index is 2.03. The number of primary amides is 1. The average molecular weight is 344 g/mol. The standard InChI is InChI=1S/C17H14ClN3OS/c1-20-13-11-8-5-9-12(11)17(21-15(13)18)23-14(16(19)22)10-6-3-2-4-7-10/h2-4,6-7,14H,5,8-9H2,(H2,19,22). The van der Waals surface area contributed by atoms with E-state index in [4.69, 9.17) is 23.9 Å². The molecule has 4 nitrogen and oxygen atoms in total. The highest BCUT2D eigenvalue weighted by molar-refractivity contribution is 8.00. The van der Waals surface area contributed by atoms with E-state index in [1.807, 2.05) is 30.3 Å². The number of pyridine rings is 1. The average Bonchev–Trinajstić information content (AvgIpc) is 3.02. The number of nitrogens with two attached hydrogens (primary N) is 1. The maximum Gasteiger partial charge on any atom is 0.235 e. The predicted octanol–water partition coefficient (Wildman–Crippen LogP) is 4.09. The number of carbonyl (C=O) groups excluding carboxylic acids is 1. The van der Waals surface area contributed by atoms with Gasteiger partial charge in [-0.25, -0.2) is 9.83 Å². The van der Waals surface area contributed by atoms with Gasteiger partial charge in [-0.15, -0.1) is 0 Å². The summed E-state index contributed by atoms with van der Waals surface area (Å²) in [4.78, 5) is 19.8. The molecule has 2 aromatic rings. The molecule has 1 unspecified atom stereocenters. The number of nitrogens with zero attached hydrogens (tertiary/aromatic N) is 2. The highest BCUT2D eigenvalue weighted by atomic mass is 35.5. The molecule has 23 heavy (non-hydrogen) atoms. The van der Waals surface area contributed by atoms with Crippen LogP contribution in [-0.2, 0) is 17.6 Å². The molecule has 1 atom stereocenters. The lowest BCUT2D eigenvalue weighted by Gasteiger charge is -2.16. The molecule has 1 amide bonds. The van der Waals surface area contributed by atoms with Gasteiger partial charge >= 0.3 is 0 Å². The number of carbonyl (C=O) groups is 1. The molecular weight excluding hydrogens is 330 g/mol. The third-order valence-corrected chi connectivity index (χ3v) is 5.42.